The van der Waals surface area contributed by atoms with Gasteiger partial charge in [-0.2, -0.15) is 0 Å². The molecule has 0 aliphatic carbocycles. The van der Waals surface area contributed by atoms with Crippen molar-refractivity contribution in [3.05, 3.63) is 77.3 Å². The van der Waals surface area contributed by atoms with Crippen LogP contribution in [-0.4, -0.2) is 24.1 Å². The first-order chi connectivity index (χ1) is 12.1. The minimum absolute atomic E-state index is 0.0914. The van der Waals surface area contributed by atoms with E-state index in [1.165, 1.54) is 0 Å². The highest BCUT2D eigenvalue weighted by Crippen LogP contribution is 2.21. The van der Waals surface area contributed by atoms with Gasteiger partial charge in [-0.3, -0.25) is 4.79 Å². The van der Waals surface area contributed by atoms with E-state index in [0.29, 0.717) is 10.7 Å². The molecule has 1 unspecified atom stereocenters. The van der Waals surface area contributed by atoms with Crippen LogP contribution in [0, 0.1) is 0 Å². The van der Waals surface area contributed by atoms with E-state index in [1.54, 1.807) is 12.1 Å². The highest BCUT2D eigenvalue weighted by molar-refractivity contribution is 6.33. The second-order valence-corrected chi connectivity index (χ2v) is 6.17. The number of benzene rings is 3. The highest BCUT2D eigenvalue weighted by Gasteiger charge is 2.10. The maximum absolute atomic E-state index is 11.9. The van der Waals surface area contributed by atoms with Crippen molar-refractivity contribution in [3.8, 4) is 0 Å². The molecule has 0 saturated carbocycles. The highest BCUT2D eigenvalue weighted by atomic mass is 35.5. The van der Waals surface area contributed by atoms with E-state index in [9.17, 15) is 9.90 Å². The predicted octanol–water partition coefficient (Wildman–Crippen LogP) is 3.75. The number of hydrogen-bond donors (Lipinski definition) is 3. The van der Waals surface area contributed by atoms with E-state index in [-0.39, 0.29) is 19.0 Å². The van der Waals surface area contributed by atoms with Crippen molar-refractivity contribution in [3.63, 3.8) is 0 Å². The zero-order chi connectivity index (χ0) is 17.6. The first kappa shape index (κ1) is 17.3. The van der Waals surface area contributed by atoms with Crippen LogP contribution in [0.15, 0.2) is 66.7 Å². The second-order valence-electron chi connectivity index (χ2n) is 5.76. The smallest absolute Gasteiger partial charge is 0.239 e. The lowest BCUT2D eigenvalue weighted by atomic mass is 10.0. The lowest BCUT2D eigenvalue weighted by Gasteiger charge is -2.14. The van der Waals surface area contributed by atoms with Crippen LogP contribution in [0.4, 0.5) is 5.69 Å². The average Bonchev–Trinajstić information content (AvgIpc) is 2.65. The summed E-state index contributed by atoms with van der Waals surface area (Å²) in [5.41, 5.74) is 1.48. The van der Waals surface area contributed by atoms with Gasteiger partial charge in [0.15, 0.2) is 0 Å². The molecule has 0 fully saturated rings. The van der Waals surface area contributed by atoms with Gasteiger partial charge >= 0.3 is 0 Å². The summed E-state index contributed by atoms with van der Waals surface area (Å²) in [5.74, 6) is -0.209. The lowest BCUT2D eigenvalue weighted by molar-refractivity contribution is -0.119. The molecule has 25 heavy (non-hydrogen) atoms. The lowest BCUT2D eigenvalue weighted by Crippen LogP contribution is -2.33. The van der Waals surface area contributed by atoms with E-state index in [4.69, 9.17) is 11.6 Å². The monoisotopic (exact) mass is 354 g/mol. The molecule has 1 amide bonds. The summed E-state index contributed by atoms with van der Waals surface area (Å²) < 4.78 is 0. The van der Waals surface area contributed by atoms with Gasteiger partial charge < -0.3 is 15.7 Å². The molecule has 0 aromatic heterocycles. The van der Waals surface area contributed by atoms with E-state index in [2.05, 4.69) is 10.6 Å². The van der Waals surface area contributed by atoms with E-state index in [0.717, 1.165) is 16.3 Å². The molecule has 128 valence electrons. The number of nitrogens with one attached hydrogen (secondary N) is 2. The number of hydrogen-bond acceptors (Lipinski definition) is 3. The molecule has 3 aromatic carbocycles. The number of halogens is 1. The molecule has 0 spiro atoms. The summed E-state index contributed by atoms with van der Waals surface area (Å²) in [5, 5.41) is 18.7. The van der Waals surface area contributed by atoms with Gasteiger partial charge in [0.2, 0.25) is 5.91 Å². The first-order valence-corrected chi connectivity index (χ1v) is 8.43. The van der Waals surface area contributed by atoms with Crippen LogP contribution >= 0.6 is 11.6 Å². The Kier molecular flexibility index (Phi) is 5.53. The number of aliphatic hydroxyl groups excluding tert-OH is 1. The minimum Gasteiger partial charge on any atom is -0.387 e. The summed E-state index contributed by atoms with van der Waals surface area (Å²) in [6.07, 6.45) is -0.756. The Balaban J connectivity index is 1.53. The molecule has 4 nitrogen and oxygen atoms in total. The fourth-order valence-corrected chi connectivity index (χ4v) is 2.79. The van der Waals surface area contributed by atoms with Gasteiger partial charge in [-0.05, 0) is 34.5 Å². The summed E-state index contributed by atoms with van der Waals surface area (Å²) >= 11 is 6.03. The molecule has 3 rings (SSSR count). The van der Waals surface area contributed by atoms with Crippen LogP contribution in [0.25, 0.3) is 10.8 Å². The molecule has 0 aliphatic rings. The average molecular weight is 355 g/mol. The van der Waals surface area contributed by atoms with Gasteiger partial charge in [-0.25, -0.2) is 0 Å². The van der Waals surface area contributed by atoms with Crippen molar-refractivity contribution in [1.82, 2.24) is 5.32 Å². The number of aliphatic hydroxyl groups is 1. The number of amides is 1. The molecule has 5 heteroatoms. The summed E-state index contributed by atoms with van der Waals surface area (Å²) in [4.78, 5) is 11.9. The van der Waals surface area contributed by atoms with Crippen molar-refractivity contribution < 1.29 is 9.90 Å². The number of carbonyl (C=O) groups excluding carboxylic acids is 1. The van der Waals surface area contributed by atoms with Crippen LogP contribution in [0.5, 0.6) is 0 Å². The maximum Gasteiger partial charge on any atom is 0.239 e. The topological polar surface area (TPSA) is 61.4 Å². The van der Waals surface area contributed by atoms with E-state index in [1.807, 2.05) is 54.6 Å². The van der Waals surface area contributed by atoms with E-state index < -0.39 is 6.10 Å². The number of carbonyl (C=O) groups is 1. The Hall–Kier alpha value is -2.56. The third-order valence-corrected chi connectivity index (χ3v) is 4.29. The standard InChI is InChI=1S/C20H19ClN2O2/c21-17-7-3-4-8-18(17)22-13-20(25)23-12-19(24)16-10-9-14-5-1-2-6-15(14)11-16/h1-11,19,22,24H,12-13H2,(H,23,25). The van der Waals surface area contributed by atoms with Crippen LogP contribution in [-0.2, 0) is 4.79 Å². The van der Waals surface area contributed by atoms with Crippen LogP contribution in [0.1, 0.15) is 11.7 Å². The van der Waals surface area contributed by atoms with Crippen molar-refractivity contribution >= 4 is 34.0 Å². The quantitative estimate of drug-likeness (QED) is 0.631. The van der Waals surface area contributed by atoms with Crippen LogP contribution in [0.3, 0.4) is 0 Å². The van der Waals surface area contributed by atoms with Crippen molar-refractivity contribution in [1.29, 1.82) is 0 Å². The Morgan fingerprint density at radius 3 is 2.52 bits per heavy atom. The molecule has 0 aliphatic heterocycles. The van der Waals surface area contributed by atoms with Crippen molar-refractivity contribution in [2.75, 3.05) is 18.4 Å². The van der Waals surface area contributed by atoms with Gasteiger partial charge in [-0.1, -0.05) is 60.1 Å². The molecule has 1 atom stereocenters. The van der Waals surface area contributed by atoms with Gasteiger partial charge in [0.25, 0.3) is 0 Å². The van der Waals surface area contributed by atoms with E-state index >= 15 is 0 Å². The zero-order valence-electron chi connectivity index (χ0n) is 13.6. The fourth-order valence-electron chi connectivity index (χ4n) is 2.59. The molecule has 0 radical (unpaired) electrons. The molecular weight excluding hydrogens is 336 g/mol. The second kappa shape index (κ2) is 8.01. The Morgan fingerprint density at radius 2 is 1.72 bits per heavy atom. The first-order valence-electron chi connectivity index (χ1n) is 8.05. The molecule has 0 heterocycles. The number of fused-ring (bicyclic) bond motifs is 1. The third kappa shape index (κ3) is 4.50. The molecule has 0 saturated heterocycles. The number of rotatable bonds is 6. The number of para-hydroxylation sites is 1. The molecule has 3 aromatic rings. The maximum atomic E-state index is 11.9. The van der Waals surface area contributed by atoms with Crippen molar-refractivity contribution in [2.45, 2.75) is 6.10 Å². The van der Waals surface area contributed by atoms with Gasteiger partial charge in [0, 0.05) is 6.54 Å². The summed E-state index contributed by atoms with van der Waals surface area (Å²) in [6, 6.07) is 21.0. The van der Waals surface area contributed by atoms with Gasteiger partial charge in [0.05, 0.1) is 23.4 Å². The third-order valence-electron chi connectivity index (χ3n) is 3.96. The summed E-state index contributed by atoms with van der Waals surface area (Å²) in [6.45, 7) is 0.246. The largest absolute Gasteiger partial charge is 0.387 e. The molecule has 0 bridgehead atoms. The molecular formula is C20H19ClN2O2. The normalized spacial score (nSPS) is 11.9. The number of anilines is 1. The van der Waals surface area contributed by atoms with Gasteiger partial charge in [0.1, 0.15) is 0 Å². The Labute approximate surface area is 151 Å². The zero-order valence-corrected chi connectivity index (χ0v) is 14.3. The fraction of sp³-hybridized carbons (Fsp3) is 0.150. The molecule has 3 N–H and O–H groups in total. The Bertz CT molecular complexity index is 882. The predicted molar refractivity (Wildman–Crippen MR) is 102 cm³/mol. The summed E-state index contributed by atoms with van der Waals surface area (Å²) in [7, 11) is 0. The van der Waals surface area contributed by atoms with Crippen LogP contribution in [0.2, 0.25) is 5.02 Å². The van der Waals surface area contributed by atoms with Crippen LogP contribution < -0.4 is 10.6 Å². The Morgan fingerprint density at radius 1 is 1.00 bits per heavy atom. The van der Waals surface area contributed by atoms with Crippen molar-refractivity contribution in [2.24, 2.45) is 0 Å². The van der Waals surface area contributed by atoms with Gasteiger partial charge in [-0.15, -0.1) is 0 Å². The minimum atomic E-state index is -0.756. The SMILES string of the molecule is O=C(CNc1ccccc1Cl)NCC(O)c1ccc2ccccc2c1.